The second kappa shape index (κ2) is 9.55. The Bertz CT molecular complexity index is 801. The van der Waals surface area contributed by atoms with E-state index in [1.165, 1.54) is 6.08 Å². The number of carbonyl (C=O) groups is 2. The van der Waals surface area contributed by atoms with Crippen molar-refractivity contribution in [3.05, 3.63) is 52.4 Å². The van der Waals surface area contributed by atoms with Crippen molar-refractivity contribution in [1.82, 2.24) is 10.6 Å². The lowest BCUT2D eigenvalue weighted by Gasteiger charge is -2.16. The molecule has 2 aromatic rings. The van der Waals surface area contributed by atoms with Crippen LogP contribution in [0, 0.1) is 0 Å². The van der Waals surface area contributed by atoms with Crippen LogP contribution in [0.15, 0.2) is 42.5 Å². The highest BCUT2D eigenvalue weighted by Gasteiger charge is 2.15. The van der Waals surface area contributed by atoms with Crippen LogP contribution < -0.4 is 10.6 Å². The molecule has 0 saturated carbocycles. The largest absolute Gasteiger partial charge is 0.352 e. The van der Waals surface area contributed by atoms with Gasteiger partial charge in [-0.2, -0.15) is 0 Å². The van der Waals surface area contributed by atoms with E-state index in [2.05, 4.69) is 10.6 Å². The average molecular weight is 391 g/mol. The molecule has 0 spiro atoms. The molecule has 4 nitrogen and oxygen atoms in total. The Kier molecular flexibility index (Phi) is 7.42. The lowest BCUT2D eigenvalue weighted by atomic mass is 10.2. The van der Waals surface area contributed by atoms with Gasteiger partial charge in [0, 0.05) is 32.5 Å². The Morgan fingerprint density at radius 1 is 1.15 bits per heavy atom. The summed E-state index contributed by atoms with van der Waals surface area (Å²) in [6, 6.07) is 11.1. The summed E-state index contributed by atoms with van der Waals surface area (Å²) in [5.74, 6) is -0.484. The van der Waals surface area contributed by atoms with Crippen molar-refractivity contribution in [3.8, 4) is 10.4 Å². The van der Waals surface area contributed by atoms with E-state index in [4.69, 9.17) is 11.6 Å². The second-order valence-electron chi connectivity index (χ2n) is 6.06. The van der Waals surface area contributed by atoms with Gasteiger partial charge >= 0.3 is 0 Å². The van der Waals surface area contributed by atoms with E-state index in [1.807, 2.05) is 50.2 Å². The zero-order valence-corrected chi connectivity index (χ0v) is 16.7. The molecule has 2 N–H and O–H groups in total. The third kappa shape index (κ3) is 5.71. The molecule has 2 amide bonds. The maximum Gasteiger partial charge on any atom is 0.244 e. The molecule has 26 heavy (non-hydrogen) atoms. The summed E-state index contributed by atoms with van der Waals surface area (Å²) < 4.78 is 0. The number of benzene rings is 1. The third-order valence-electron chi connectivity index (χ3n) is 3.92. The first-order chi connectivity index (χ1) is 12.4. The number of halogens is 1. The Balaban J connectivity index is 1.94. The summed E-state index contributed by atoms with van der Waals surface area (Å²) in [6.07, 6.45) is 4.02. The second-order valence-corrected chi connectivity index (χ2v) is 7.59. The van der Waals surface area contributed by atoms with Gasteiger partial charge in [-0.25, -0.2) is 0 Å². The van der Waals surface area contributed by atoms with Gasteiger partial charge in [-0.1, -0.05) is 36.7 Å². The van der Waals surface area contributed by atoms with Crippen LogP contribution in [0.3, 0.4) is 0 Å². The average Bonchev–Trinajstić information content (AvgIpc) is 3.08. The predicted molar refractivity (Wildman–Crippen MR) is 109 cm³/mol. The number of thiophene rings is 1. The van der Waals surface area contributed by atoms with Gasteiger partial charge in [0.1, 0.15) is 6.04 Å². The van der Waals surface area contributed by atoms with Gasteiger partial charge in [0.15, 0.2) is 0 Å². The maximum atomic E-state index is 12.0. The van der Waals surface area contributed by atoms with Crippen LogP contribution in [-0.2, 0) is 9.59 Å². The standard InChI is InChI=1S/C20H23ClN2O2S/c1-4-13(2)22-20(25)14(3)23-19(24)12-10-15-9-11-18(26-15)16-7-5-6-8-17(16)21/h5-14H,4H2,1-3H3,(H,22,25)(H,23,24)/b12-10+. The minimum Gasteiger partial charge on any atom is -0.352 e. The van der Waals surface area contributed by atoms with Crippen molar-refractivity contribution < 1.29 is 9.59 Å². The van der Waals surface area contributed by atoms with Crippen molar-refractivity contribution in [3.63, 3.8) is 0 Å². The van der Waals surface area contributed by atoms with E-state index in [-0.39, 0.29) is 17.9 Å². The van der Waals surface area contributed by atoms with E-state index in [0.29, 0.717) is 5.02 Å². The molecule has 138 valence electrons. The summed E-state index contributed by atoms with van der Waals surface area (Å²) in [6.45, 7) is 5.60. The minimum absolute atomic E-state index is 0.0896. The smallest absolute Gasteiger partial charge is 0.244 e. The van der Waals surface area contributed by atoms with Crippen LogP contribution in [0.1, 0.15) is 32.1 Å². The summed E-state index contributed by atoms with van der Waals surface area (Å²) in [5.41, 5.74) is 0.971. The quantitative estimate of drug-likeness (QED) is 0.684. The molecule has 0 radical (unpaired) electrons. The van der Waals surface area contributed by atoms with Gasteiger partial charge in [-0.05, 0) is 44.5 Å². The number of nitrogens with one attached hydrogen (secondary N) is 2. The minimum atomic E-state index is -0.580. The monoisotopic (exact) mass is 390 g/mol. The topological polar surface area (TPSA) is 58.2 Å². The van der Waals surface area contributed by atoms with Crippen molar-refractivity contribution in [2.75, 3.05) is 0 Å². The highest BCUT2D eigenvalue weighted by atomic mass is 35.5. The first kappa shape index (κ1) is 20.2. The van der Waals surface area contributed by atoms with Gasteiger partial charge in [-0.15, -0.1) is 11.3 Å². The molecule has 2 rings (SSSR count). The van der Waals surface area contributed by atoms with Gasteiger partial charge in [0.2, 0.25) is 11.8 Å². The van der Waals surface area contributed by atoms with Crippen LogP contribution in [0.4, 0.5) is 0 Å². The van der Waals surface area contributed by atoms with E-state index in [9.17, 15) is 9.59 Å². The van der Waals surface area contributed by atoms with Crippen molar-refractivity contribution >= 4 is 40.8 Å². The number of amides is 2. The third-order valence-corrected chi connectivity index (χ3v) is 5.33. The van der Waals surface area contributed by atoms with Crippen molar-refractivity contribution in [2.24, 2.45) is 0 Å². The molecule has 0 aliphatic rings. The molecule has 0 saturated heterocycles. The van der Waals surface area contributed by atoms with Gasteiger partial charge in [0.25, 0.3) is 0 Å². The molecular formula is C20H23ClN2O2S. The Morgan fingerprint density at radius 2 is 1.88 bits per heavy atom. The zero-order valence-electron chi connectivity index (χ0n) is 15.1. The predicted octanol–water partition coefficient (Wildman–Crippen LogP) is 4.50. The SMILES string of the molecule is CCC(C)NC(=O)C(C)NC(=O)/C=C/c1ccc(-c2ccccc2Cl)s1. The van der Waals surface area contributed by atoms with Crippen LogP contribution in [-0.4, -0.2) is 23.9 Å². The number of rotatable bonds is 7. The molecule has 2 atom stereocenters. The summed E-state index contributed by atoms with van der Waals surface area (Å²) in [7, 11) is 0. The first-order valence-electron chi connectivity index (χ1n) is 8.54. The zero-order chi connectivity index (χ0) is 19.1. The molecule has 1 aromatic heterocycles. The highest BCUT2D eigenvalue weighted by Crippen LogP contribution is 2.33. The van der Waals surface area contributed by atoms with E-state index in [0.717, 1.165) is 21.7 Å². The van der Waals surface area contributed by atoms with Crippen molar-refractivity contribution in [1.29, 1.82) is 0 Å². The summed E-state index contributed by atoms with van der Waals surface area (Å²) >= 11 is 7.76. The Morgan fingerprint density at radius 3 is 2.58 bits per heavy atom. The molecule has 0 aliphatic carbocycles. The maximum absolute atomic E-state index is 12.0. The fraction of sp³-hybridized carbons (Fsp3) is 0.300. The lowest BCUT2D eigenvalue weighted by molar-refractivity contribution is -0.127. The molecule has 0 aliphatic heterocycles. The highest BCUT2D eigenvalue weighted by molar-refractivity contribution is 7.16. The van der Waals surface area contributed by atoms with E-state index >= 15 is 0 Å². The van der Waals surface area contributed by atoms with Gasteiger partial charge in [-0.3, -0.25) is 9.59 Å². The van der Waals surface area contributed by atoms with E-state index < -0.39 is 6.04 Å². The van der Waals surface area contributed by atoms with Gasteiger partial charge in [0.05, 0.1) is 0 Å². The van der Waals surface area contributed by atoms with Gasteiger partial charge < -0.3 is 10.6 Å². The molecule has 1 aromatic carbocycles. The first-order valence-corrected chi connectivity index (χ1v) is 9.73. The van der Waals surface area contributed by atoms with Crippen LogP contribution in [0.2, 0.25) is 5.02 Å². The fourth-order valence-corrected chi connectivity index (χ4v) is 3.45. The molecule has 0 fully saturated rings. The Hall–Kier alpha value is -2.11. The number of hydrogen-bond acceptors (Lipinski definition) is 3. The fourth-order valence-electron chi connectivity index (χ4n) is 2.20. The number of hydrogen-bond donors (Lipinski definition) is 2. The van der Waals surface area contributed by atoms with E-state index in [1.54, 1.807) is 24.3 Å². The van der Waals surface area contributed by atoms with Crippen molar-refractivity contribution in [2.45, 2.75) is 39.3 Å². The summed E-state index contributed by atoms with van der Waals surface area (Å²) in [4.78, 5) is 26.0. The van der Waals surface area contributed by atoms with Crippen LogP contribution >= 0.6 is 22.9 Å². The normalized spacial score (nSPS) is 13.4. The van der Waals surface area contributed by atoms with Crippen LogP contribution in [0.25, 0.3) is 16.5 Å². The summed E-state index contributed by atoms with van der Waals surface area (Å²) in [5, 5.41) is 6.22. The molecule has 6 heteroatoms. The molecule has 2 unspecified atom stereocenters. The molecule has 0 bridgehead atoms. The molecular weight excluding hydrogens is 368 g/mol. The number of carbonyl (C=O) groups excluding carboxylic acids is 2. The van der Waals surface area contributed by atoms with Crippen LogP contribution in [0.5, 0.6) is 0 Å². The molecule has 1 heterocycles. The Labute approximate surface area is 163 Å². The lowest BCUT2D eigenvalue weighted by Crippen LogP contribution is -2.46.